The van der Waals surface area contributed by atoms with Crippen molar-refractivity contribution >= 4 is 17.5 Å². The Balaban J connectivity index is 2.59. The van der Waals surface area contributed by atoms with Crippen LogP contribution in [0.25, 0.3) is 0 Å². The van der Waals surface area contributed by atoms with Gasteiger partial charge in [-0.15, -0.1) is 0 Å². The molecule has 0 saturated heterocycles. The van der Waals surface area contributed by atoms with Crippen LogP contribution >= 0.6 is 11.6 Å². The lowest BCUT2D eigenvalue weighted by molar-refractivity contribution is 0.0937. The van der Waals surface area contributed by atoms with E-state index in [1.54, 1.807) is 12.1 Å². The number of carbonyl (C=O) groups excluding carboxylic acids is 1. The van der Waals surface area contributed by atoms with Crippen LogP contribution in [0, 0.1) is 0 Å². The van der Waals surface area contributed by atoms with Crippen LogP contribution in [-0.4, -0.2) is 16.9 Å². The standard InChI is InChI=1S/C15H23ClN2O/c1-4-6-7-8-11(3)17-15(19)12-9-13(5-2)18-14(16)10-12/h9-11H,4-8H2,1-3H3,(H,17,19). The topological polar surface area (TPSA) is 42.0 Å². The van der Waals surface area contributed by atoms with Crippen molar-refractivity contribution in [3.63, 3.8) is 0 Å². The van der Waals surface area contributed by atoms with E-state index in [1.165, 1.54) is 12.8 Å². The molecule has 1 unspecified atom stereocenters. The predicted molar refractivity (Wildman–Crippen MR) is 79.7 cm³/mol. The zero-order valence-corrected chi connectivity index (χ0v) is 12.8. The molecule has 1 rings (SSSR count). The Bertz CT molecular complexity index is 421. The number of hydrogen-bond acceptors (Lipinski definition) is 2. The Morgan fingerprint density at radius 3 is 2.74 bits per heavy atom. The maximum Gasteiger partial charge on any atom is 0.251 e. The van der Waals surface area contributed by atoms with Gasteiger partial charge in [0.2, 0.25) is 0 Å². The minimum atomic E-state index is -0.0667. The van der Waals surface area contributed by atoms with Crippen molar-refractivity contribution in [2.45, 2.75) is 58.9 Å². The lowest BCUT2D eigenvalue weighted by Gasteiger charge is -2.14. The first-order valence-electron chi connectivity index (χ1n) is 7.04. The number of pyridine rings is 1. The second kappa shape index (κ2) is 8.16. The molecule has 4 heteroatoms. The van der Waals surface area contributed by atoms with Gasteiger partial charge in [0.25, 0.3) is 5.91 Å². The molecule has 0 aliphatic carbocycles. The van der Waals surface area contributed by atoms with E-state index in [9.17, 15) is 4.79 Å². The Labute approximate surface area is 120 Å². The van der Waals surface area contributed by atoms with Crippen LogP contribution in [0.15, 0.2) is 12.1 Å². The summed E-state index contributed by atoms with van der Waals surface area (Å²) in [7, 11) is 0. The number of amides is 1. The molecule has 1 heterocycles. The van der Waals surface area contributed by atoms with Crippen LogP contribution in [0.2, 0.25) is 5.15 Å². The third kappa shape index (κ3) is 5.60. The van der Waals surface area contributed by atoms with E-state index in [0.717, 1.165) is 25.0 Å². The number of nitrogens with zero attached hydrogens (tertiary/aromatic N) is 1. The summed E-state index contributed by atoms with van der Waals surface area (Å²) in [5, 5.41) is 3.39. The summed E-state index contributed by atoms with van der Waals surface area (Å²) in [6, 6.07) is 3.62. The summed E-state index contributed by atoms with van der Waals surface area (Å²) in [5.74, 6) is -0.0667. The third-order valence-electron chi connectivity index (χ3n) is 3.09. The van der Waals surface area contributed by atoms with Crippen LogP contribution in [0.4, 0.5) is 0 Å². The smallest absolute Gasteiger partial charge is 0.251 e. The molecule has 1 atom stereocenters. The lowest BCUT2D eigenvalue weighted by atomic mass is 10.1. The van der Waals surface area contributed by atoms with E-state index in [-0.39, 0.29) is 11.9 Å². The van der Waals surface area contributed by atoms with E-state index in [2.05, 4.69) is 17.2 Å². The Morgan fingerprint density at radius 2 is 2.11 bits per heavy atom. The summed E-state index contributed by atoms with van der Waals surface area (Å²) in [4.78, 5) is 16.3. The highest BCUT2D eigenvalue weighted by Crippen LogP contribution is 2.12. The van der Waals surface area contributed by atoms with Gasteiger partial charge in [0.15, 0.2) is 0 Å². The molecule has 1 aromatic rings. The second-order valence-corrected chi connectivity index (χ2v) is 5.28. The number of nitrogens with one attached hydrogen (secondary N) is 1. The molecule has 0 aliphatic heterocycles. The maximum absolute atomic E-state index is 12.1. The average Bonchev–Trinajstić information content (AvgIpc) is 2.38. The Kier molecular flexibility index (Phi) is 6.85. The fraction of sp³-hybridized carbons (Fsp3) is 0.600. The van der Waals surface area contributed by atoms with Gasteiger partial charge >= 0.3 is 0 Å². The fourth-order valence-electron chi connectivity index (χ4n) is 1.94. The van der Waals surface area contributed by atoms with Crippen LogP contribution in [-0.2, 0) is 6.42 Å². The molecule has 1 N–H and O–H groups in total. The van der Waals surface area contributed by atoms with Gasteiger partial charge in [-0.3, -0.25) is 4.79 Å². The molecule has 0 fully saturated rings. The molecule has 19 heavy (non-hydrogen) atoms. The van der Waals surface area contributed by atoms with Crippen molar-refractivity contribution in [2.24, 2.45) is 0 Å². The largest absolute Gasteiger partial charge is 0.350 e. The molecule has 0 spiro atoms. The molecule has 1 aromatic heterocycles. The average molecular weight is 283 g/mol. The summed E-state index contributed by atoms with van der Waals surface area (Å²) < 4.78 is 0. The highest BCUT2D eigenvalue weighted by atomic mass is 35.5. The number of hydrogen-bond donors (Lipinski definition) is 1. The summed E-state index contributed by atoms with van der Waals surface area (Å²) >= 11 is 5.92. The monoisotopic (exact) mass is 282 g/mol. The van der Waals surface area contributed by atoms with Gasteiger partial charge in [-0.1, -0.05) is 44.7 Å². The zero-order valence-electron chi connectivity index (χ0n) is 12.0. The van der Waals surface area contributed by atoms with Crippen molar-refractivity contribution < 1.29 is 4.79 Å². The third-order valence-corrected chi connectivity index (χ3v) is 3.28. The molecule has 0 bridgehead atoms. The van der Waals surface area contributed by atoms with Gasteiger partial charge in [-0.2, -0.15) is 0 Å². The normalized spacial score (nSPS) is 12.2. The summed E-state index contributed by atoms with van der Waals surface area (Å²) in [6.07, 6.45) is 5.34. The van der Waals surface area contributed by atoms with Crippen LogP contribution in [0.1, 0.15) is 62.5 Å². The molecular formula is C15H23ClN2O. The van der Waals surface area contributed by atoms with Crippen molar-refractivity contribution in [1.29, 1.82) is 0 Å². The summed E-state index contributed by atoms with van der Waals surface area (Å²) in [6.45, 7) is 6.21. The molecule has 106 valence electrons. The van der Waals surface area contributed by atoms with Crippen LogP contribution < -0.4 is 5.32 Å². The molecule has 0 aromatic carbocycles. The van der Waals surface area contributed by atoms with E-state index in [4.69, 9.17) is 11.6 Å². The highest BCUT2D eigenvalue weighted by molar-refractivity contribution is 6.29. The Morgan fingerprint density at radius 1 is 1.37 bits per heavy atom. The van der Waals surface area contributed by atoms with E-state index < -0.39 is 0 Å². The van der Waals surface area contributed by atoms with Crippen molar-refractivity contribution in [3.8, 4) is 0 Å². The zero-order chi connectivity index (χ0) is 14.3. The van der Waals surface area contributed by atoms with Crippen molar-refractivity contribution in [1.82, 2.24) is 10.3 Å². The van der Waals surface area contributed by atoms with E-state index in [0.29, 0.717) is 10.7 Å². The van der Waals surface area contributed by atoms with E-state index >= 15 is 0 Å². The number of unbranched alkanes of at least 4 members (excludes halogenated alkanes) is 2. The predicted octanol–water partition coefficient (Wildman–Crippen LogP) is 4.00. The lowest BCUT2D eigenvalue weighted by Crippen LogP contribution is -2.32. The Hall–Kier alpha value is -1.09. The number of aromatic nitrogens is 1. The first-order chi connectivity index (χ1) is 9.06. The van der Waals surface area contributed by atoms with E-state index in [1.807, 2.05) is 13.8 Å². The van der Waals surface area contributed by atoms with Gasteiger partial charge in [0, 0.05) is 17.3 Å². The van der Waals surface area contributed by atoms with Crippen LogP contribution in [0.5, 0.6) is 0 Å². The quantitative estimate of drug-likeness (QED) is 0.607. The number of halogens is 1. The number of carbonyl (C=O) groups is 1. The van der Waals surface area contributed by atoms with Gasteiger partial charge in [-0.25, -0.2) is 4.98 Å². The minimum absolute atomic E-state index is 0.0667. The first kappa shape index (κ1) is 16.0. The van der Waals surface area contributed by atoms with Gasteiger partial charge in [-0.05, 0) is 31.9 Å². The minimum Gasteiger partial charge on any atom is -0.350 e. The van der Waals surface area contributed by atoms with Gasteiger partial charge in [0.1, 0.15) is 5.15 Å². The second-order valence-electron chi connectivity index (χ2n) is 4.89. The maximum atomic E-state index is 12.1. The van der Waals surface area contributed by atoms with Crippen molar-refractivity contribution in [2.75, 3.05) is 0 Å². The summed E-state index contributed by atoms with van der Waals surface area (Å²) in [5.41, 5.74) is 1.44. The van der Waals surface area contributed by atoms with Crippen molar-refractivity contribution in [3.05, 3.63) is 28.5 Å². The molecule has 0 saturated carbocycles. The number of aryl methyl sites for hydroxylation is 1. The fourth-order valence-corrected chi connectivity index (χ4v) is 2.17. The first-order valence-corrected chi connectivity index (χ1v) is 7.42. The van der Waals surface area contributed by atoms with Gasteiger partial charge < -0.3 is 5.32 Å². The molecule has 3 nitrogen and oxygen atoms in total. The highest BCUT2D eigenvalue weighted by Gasteiger charge is 2.11. The molecular weight excluding hydrogens is 260 g/mol. The molecule has 0 radical (unpaired) electrons. The van der Waals surface area contributed by atoms with Crippen LogP contribution in [0.3, 0.4) is 0 Å². The molecule has 0 aliphatic rings. The number of rotatable bonds is 7. The molecule has 1 amide bonds. The van der Waals surface area contributed by atoms with Gasteiger partial charge in [0.05, 0.1) is 0 Å². The SMILES string of the molecule is CCCCCC(C)NC(=O)c1cc(Cl)nc(CC)c1.